The number of ether oxygens (including phenoxy) is 1. The molecule has 3 rings (SSSR count). The molecule has 0 fully saturated rings. The first-order valence-electron chi connectivity index (χ1n) is 9.97. The van der Waals surface area contributed by atoms with Gasteiger partial charge in [0.2, 0.25) is 0 Å². The van der Waals surface area contributed by atoms with Crippen molar-refractivity contribution < 1.29 is 19.1 Å². The van der Waals surface area contributed by atoms with Crippen LogP contribution in [0.15, 0.2) is 59.8 Å². The molecule has 32 heavy (non-hydrogen) atoms. The summed E-state index contributed by atoms with van der Waals surface area (Å²) in [6.45, 7) is 3.64. The van der Waals surface area contributed by atoms with Crippen molar-refractivity contribution in [3.8, 4) is 0 Å². The van der Waals surface area contributed by atoms with Crippen LogP contribution in [0.1, 0.15) is 31.0 Å². The standard InChI is InChI=1S/C23H23Cl2N3O4/c1-4-32-21(29)18-14(2)26-22(30)28(20(18)16-11-8-12-17(24)19(16)25)23(31)27(3)13-15-9-6-5-7-10-15/h5-12,20H,4,13H2,1-3H3,(H,26,30). The fourth-order valence-corrected chi connectivity index (χ4v) is 3.96. The van der Waals surface area contributed by atoms with E-state index in [0.717, 1.165) is 10.5 Å². The Kier molecular flexibility index (Phi) is 7.43. The highest BCUT2D eigenvalue weighted by molar-refractivity contribution is 6.42. The number of benzene rings is 2. The number of nitrogens with one attached hydrogen (secondary N) is 1. The molecular formula is C23H23Cl2N3O4. The highest BCUT2D eigenvalue weighted by Gasteiger charge is 2.44. The first kappa shape index (κ1) is 23.6. The number of halogens is 2. The number of imide groups is 1. The summed E-state index contributed by atoms with van der Waals surface area (Å²) < 4.78 is 5.22. The van der Waals surface area contributed by atoms with Gasteiger partial charge in [-0.05, 0) is 25.5 Å². The maximum absolute atomic E-state index is 13.5. The van der Waals surface area contributed by atoms with Crippen LogP contribution in [0, 0.1) is 0 Å². The number of hydrogen-bond donors (Lipinski definition) is 1. The van der Waals surface area contributed by atoms with Gasteiger partial charge in [-0.1, -0.05) is 65.7 Å². The molecule has 1 aliphatic rings. The fourth-order valence-electron chi connectivity index (χ4n) is 3.55. The second-order valence-electron chi connectivity index (χ2n) is 7.23. The van der Waals surface area contributed by atoms with Crippen LogP contribution in [0.5, 0.6) is 0 Å². The zero-order valence-electron chi connectivity index (χ0n) is 17.9. The molecule has 1 heterocycles. The minimum Gasteiger partial charge on any atom is -0.463 e. The molecule has 0 radical (unpaired) electrons. The Morgan fingerprint density at radius 1 is 1.12 bits per heavy atom. The molecule has 1 N–H and O–H groups in total. The predicted molar refractivity (Wildman–Crippen MR) is 122 cm³/mol. The third kappa shape index (κ3) is 4.74. The lowest BCUT2D eigenvalue weighted by Gasteiger charge is -2.38. The SMILES string of the molecule is CCOC(=O)C1=C(C)NC(=O)N(C(=O)N(C)Cc2ccccc2)C1c1cccc(Cl)c1Cl. The van der Waals surface area contributed by atoms with Gasteiger partial charge in [0.25, 0.3) is 0 Å². The van der Waals surface area contributed by atoms with Crippen LogP contribution < -0.4 is 5.32 Å². The molecule has 168 valence electrons. The number of amides is 4. The number of hydrogen-bond acceptors (Lipinski definition) is 4. The Hall–Kier alpha value is -3.03. The van der Waals surface area contributed by atoms with Gasteiger partial charge in [0.15, 0.2) is 0 Å². The number of esters is 1. The van der Waals surface area contributed by atoms with E-state index < -0.39 is 24.1 Å². The Labute approximate surface area is 196 Å². The van der Waals surface area contributed by atoms with E-state index in [1.54, 1.807) is 39.1 Å². The smallest absolute Gasteiger partial charge is 0.338 e. The van der Waals surface area contributed by atoms with Gasteiger partial charge in [0.1, 0.15) is 6.04 Å². The topological polar surface area (TPSA) is 79.0 Å². The summed E-state index contributed by atoms with van der Waals surface area (Å²) in [7, 11) is 1.58. The van der Waals surface area contributed by atoms with Gasteiger partial charge >= 0.3 is 18.0 Å². The summed E-state index contributed by atoms with van der Waals surface area (Å²) in [5.41, 5.74) is 1.62. The summed E-state index contributed by atoms with van der Waals surface area (Å²) in [5.74, 6) is -0.658. The van der Waals surface area contributed by atoms with E-state index in [-0.39, 0.29) is 34.5 Å². The number of nitrogens with zero attached hydrogens (tertiary/aromatic N) is 2. The van der Waals surface area contributed by atoms with Crippen LogP contribution in [0.4, 0.5) is 9.59 Å². The number of rotatable bonds is 5. The Morgan fingerprint density at radius 2 is 1.81 bits per heavy atom. The molecule has 0 saturated carbocycles. The summed E-state index contributed by atoms with van der Waals surface area (Å²) in [5, 5.41) is 2.98. The van der Waals surface area contributed by atoms with Crippen molar-refractivity contribution in [2.45, 2.75) is 26.4 Å². The van der Waals surface area contributed by atoms with Crippen LogP contribution in [-0.4, -0.2) is 41.5 Å². The molecule has 0 aliphatic carbocycles. The molecule has 0 bridgehead atoms. The van der Waals surface area contributed by atoms with Crippen molar-refractivity contribution in [2.75, 3.05) is 13.7 Å². The van der Waals surface area contributed by atoms with Crippen molar-refractivity contribution in [1.29, 1.82) is 0 Å². The average Bonchev–Trinajstić information content (AvgIpc) is 2.75. The molecule has 1 atom stereocenters. The maximum atomic E-state index is 13.5. The summed E-state index contributed by atoms with van der Waals surface area (Å²) >= 11 is 12.7. The van der Waals surface area contributed by atoms with E-state index in [1.165, 1.54) is 4.90 Å². The minimum absolute atomic E-state index is 0.108. The van der Waals surface area contributed by atoms with Crippen LogP contribution in [-0.2, 0) is 16.1 Å². The number of carbonyl (C=O) groups excluding carboxylic acids is 3. The van der Waals surface area contributed by atoms with E-state index in [1.807, 2.05) is 30.3 Å². The Bertz CT molecular complexity index is 1070. The monoisotopic (exact) mass is 475 g/mol. The Morgan fingerprint density at radius 3 is 2.47 bits per heavy atom. The van der Waals surface area contributed by atoms with Crippen LogP contribution in [0.3, 0.4) is 0 Å². The zero-order valence-corrected chi connectivity index (χ0v) is 19.4. The molecule has 2 aromatic rings. The van der Waals surface area contributed by atoms with Crippen molar-refractivity contribution in [3.63, 3.8) is 0 Å². The Balaban J connectivity index is 2.09. The molecule has 2 aromatic carbocycles. The quantitative estimate of drug-likeness (QED) is 0.606. The summed E-state index contributed by atoms with van der Waals surface area (Å²) in [6, 6.07) is 11.8. The molecule has 0 spiro atoms. The van der Waals surface area contributed by atoms with E-state index in [0.29, 0.717) is 5.56 Å². The number of carbonyl (C=O) groups is 3. The van der Waals surface area contributed by atoms with E-state index in [4.69, 9.17) is 27.9 Å². The van der Waals surface area contributed by atoms with Gasteiger partial charge in [-0.15, -0.1) is 0 Å². The highest BCUT2D eigenvalue weighted by atomic mass is 35.5. The lowest BCUT2D eigenvalue weighted by Crippen LogP contribution is -2.54. The third-order valence-electron chi connectivity index (χ3n) is 5.02. The molecule has 0 saturated heterocycles. The predicted octanol–water partition coefficient (Wildman–Crippen LogP) is 5.15. The average molecular weight is 476 g/mol. The van der Waals surface area contributed by atoms with Crippen molar-refractivity contribution in [1.82, 2.24) is 15.1 Å². The lowest BCUT2D eigenvalue weighted by molar-refractivity contribution is -0.139. The van der Waals surface area contributed by atoms with Crippen molar-refractivity contribution in [2.24, 2.45) is 0 Å². The van der Waals surface area contributed by atoms with E-state index in [2.05, 4.69) is 5.32 Å². The molecule has 1 aliphatic heterocycles. The first-order chi connectivity index (χ1) is 15.3. The first-order valence-corrected chi connectivity index (χ1v) is 10.7. The molecule has 0 aromatic heterocycles. The van der Waals surface area contributed by atoms with Crippen LogP contribution >= 0.6 is 23.2 Å². The van der Waals surface area contributed by atoms with Gasteiger partial charge in [-0.3, -0.25) is 0 Å². The number of allylic oxidation sites excluding steroid dienone is 1. The molecule has 4 amide bonds. The van der Waals surface area contributed by atoms with Gasteiger partial charge in [-0.2, -0.15) is 0 Å². The third-order valence-corrected chi connectivity index (χ3v) is 5.85. The molecular weight excluding hydrogens is 453 g/mol. The summed E-state index contributed by atoms with van der Waals surface area (Å²) in [6.07, 6.45) is 0. The van der Waals surface area contributed by atoms with Crippen molar-refractivity contribution >= 4 is 41.2 Å². The number of urea groups is 2. The molecule has 1 unspecified atom stereocenters. The lowest BCUT2D eigenvalue weighted by atomic mass is 9.94. The van der Waals surface area contributed by atoms with Crippen molar-refractivity contribution in [3.05, 3.63) is 81.0 Å². The van der Waals surface area contributed by atoms with Gasteiger partial charge in [0.05, 0.1) is 22.2 Å². The van der Waals surface area contributed by atoms with Gasteiger partial charge in [-0.25, -0.2) is 19.3 Å². The van der Waals surface area contributed by atoms with Gasteiger partial charge in [0, 0.05) is 24.9 Å². The zero-order chi connectivity index (χ0) is 23.4. The normalized spacial score (nSPS) is 16.0. The molecule has 7 nitrogen and oxygen atoms in total. The minimum atomic E-state index is -1.11. The van der Waals surface area contributed by atoms with Crippen LogP contribution in [0.2, 0.25) is 10.0 Å². The largest absolute Gasteiger partial charge is 0.463 e. The highest BCUT2D eigenvalue weighted by Crippen LogP contribution is 2.40. The van der Waals surface area contributed by atoms with E-state index in [9.17, 15) is 14.4 Å². The maximum Gasteiger partial charge on any atom is 0.338 e. The summed E-state index contributed by atoms with van der Waals surface area (Å²) in [4.78, 5) is 41.7. The fraction of sp³-hybridized carbons (Fsp3) is 0.261. The molecule has 9 heteroatoms. The van der Waals surface area contributed by atoms with E-state index >= 15 is 0 Å². The van der Waals surface area contributed by atoms with Gasteiger partial charge < -0.3 is 15.0 Å². The van der Waals surface area contributed by atoms with Crippen LogP contribution in [0.25, 0.3) is 0 Å². The second-order valence-corrected chi connectivity index (χ2v) is 8.01. The second kappa shape index (κ2) is 10.1.